The summed E-state index contributed by atoms with van der Waals surface area (Å²) in [5, 5.41) is 13.0. The molecule has 0 amide bonds. The quantitative estimate of drug-likeness (QED) is 0.877. The van der Waals surface area contributed by atoms with Crippen molar-refractivity contribution < 1.29 is 9.90 Å². The minimum atomic E-state index is -0.992. The van der Waals surface area contributed by atoms with Crippen molar-refractivity contribution in [2.45, 2.75) is 33.1 Å². The van der Waals surface area contributed by atoms with Crippen LogP contribution in [0.1, 0.15) is 41.4 Å². The Morgan fingerprint density at radius 2 is 2.29 bits per heavy atom. The number of aromatic nitrogens is 3. The smallest absolute Gasteiger partial charge is 0.341 e. The molecule has 1 N–H and O–H groups in total. The average Bonchev–Trinajstić information content (AvgIpc) is 2.68. The number of unbranched alkanes of at least 4 members (excludes halogenated alkanes) is 1. The molecule has 90 valence electrons. The van der Waals surface area contributed by atoms with Crippen LogP contribution in [0.4, 0.5) is 0 Å². The second-order valence-corrected chi connectivity index (χ2v) is 4.09. The number of carboxylic acid groups (broad SMARTS) is 1. The molecule has 0 spiro atoms. The molecule has 0 saturated carbocycles. The Morgan fingerprint density at radius 1 is 1.53 bits per heavy atom. The molecule has 0 radical (unpaired) electrons. The van der Waals surface area contributed by atoms with Gasteiger partial charge in [-0.05, 0) is 25.3 Å². The second-order valence-electron chi connectivity index (χ2n) is 4.09. The zero-order valence-electron chi connectivity index (χ0n) is 9.97. The third kappa shape index (κ3) is 2.13. The van der Waals surface area contributed by atoms with Gasteiger partial charge in [0.2, 0.25) is 0 Å². The number of carboxylic acids is 1. The minimum Gasteiger partial charge on any atom is -0.477 e. The molecular formula is C12H15N3O2. The van der Waals surface area contributed by atoms with Crippen molar-refractivity contribution in [2.75, 3.05) is 0 Å². The van der Waals surface area contributed by atoms with Gasteiger partial charge in [-0.1, -0.05) is 13.3 Å². The third-order valence-electron chi connectivity index (χ3n) is 2.82. The molecule has 17 heavy (non-hydrogen) atoms. The van der Waals surface area contributed by atoms with Crippen LogP contribution in [0.3, 0.4) is 0 Å². The van der Waals surface area contributed by atoms with Gasteiger partial charge in [-0.2, -0.15) is 5.10 Å². The fraction of sp³-hybridized carbons (Fsp3) is 0.417. The molecule has 0 saturated heterocycles. The first-order valence-corrected chi connectivity index (χ1v) is 5.70. The molecule has 2 heterocycles. The van der Waals surface area contributed by atoms with Gasteiger partial charge in [-0.25, -0.2) is 14.3 Å². The highest BCUT2D eigenvalue weighted by molar-refractivity contribution is 5.94. The van der Waals surface area contributed by atoms with Gasteiger partial charge in [0.1, 0.15) is 5.56 Å². The minimum absolute atomic E-state index is 0.148. The summed E-state index contributed by atoms with van der Waals surface area (Å²) in [5.74, 6) is -0.992. The van der Waals surface area contributed by atoms with Gasteiger partial charge >= 0.3 is 5.97 Å². The van der Waals surface area contributed by atoms with E-state index in [2.05, 4.69) is 17.0 Å². The van der Waals surface area contributed by atoms with E-state index in [0.29, 0.717) is 5.65 Å². The SMILES string of the molecule is CCCCc1cn2ncc(C(=O)O)c2nc1C. The number of hydrogen-bond acceptors (Lipinski definition) is 3. The van der Waals surface area contributed by atoms with E-state index in [9.17, 15) is 4.79 Å². The highest BCUT2D eigenvalue weighted by Gasteiger charge is 2.13. The lowest BCUT2D eigenvalue weighted by atomic mass is 10.1. The van der Waals surface area contributed by atoms with Gasteiger partial charge in [-0.15, -0.1) is 0 Å². The fourth-order valence-corrected chi connectivity index (χ4v) is 1.80. The van der Waals surface area contributed by atoms with Crippen LogP contribution in [-0.2, 0) is 6.42 Å². The van der Waals surface area contributed by atoms with Crippen molar-refractivity contribution in [2.24, 2.45) is 0 Å². The molecule has 5 nitrogen and oxygen atoms in total. The molecule has 0 unspecified atom stereocenters. The lowest BCUT2D eigenvalue weighted by molar-refractivity contribution is 0.0699. The van der Waals surface area contributed by atoms with Gasteiger partial charge in [-0.3, -0.25) is 0 Å². The number of hydrogen-bond donors (Lipinski definition) is 1. The number of aryl methyl sites for hydroxylation is 2. The van der Waals surface area contributed by atoms with E-state index in [4.69, 9.17) is 5.11 Å². The van der Waals surface area contributed by atoms with Crippen molar-refractivity contribution in [3.8, 4) is 0 Å². The summed E-state index contributed by atoms with van der Waals surface area (Å²) in [7, 11) is 0. The molecular weight excluding hydrogens is 218 g/mol. The average molecular weight is 233 g/mol. The topological polar surface area (TPSA) is 67.5 Å². The van der Waals surface area contributed by atoms with Crippen LogP contribution >= 0.6 is 0 Å². The Hall–Kier alpha value is -1.91. The van der Waals surface area contributed by atoms with Crippen LogP contribution in [0.25, 0.3) is 5.65 Å². The van der Waals surface area contributed by atoms with Crippen LogP contribution in [0, 0.1) is 6.92 Å². The number of carbonyl (C=O) groups is 1. The number of nitrogens with zero attached hydrogens (tertiary/aromatic N) is 3. The first kappa shape index (κ1) is 11.6. The zero-order chi connectivity index (χ0) is 12.4. The van der Waals surface area contributed by atoms with E-state index in [1.54, 1.807) is 4.52 Å². The van der Waals surface area contributed by atoms with E-state index in [1.165, 1.54) is 6.20 Å². The lowest BCUT2D eigenvalue weighted by Crippen LogP contribution is -2.02. The molecule has 0 atom stereocenters. The van der Waals surface area contributed by atoms with E-state index < -0.39 is 5.97 Å². The molecule has 2 aromatic rings. The molecule has 0 bridgehead atoms. The van der Waals surface area contributed by atoms with Crippen LogP contribution in [0.2, 0.25) is 0 Å². The van der Waals surface area contributed by atoms with Gasteiger partial charge in [0.25, 0.3) is 0 Å². The van der Waals surface area contributed by atoms with Gasteiger partial charge in [0, 0.05) is 11.9 Å². The van der Waals surface area contributed by atoms with Crippen LogP contribution in [0.5, 0.6) is 0 Å². The normalized spacial score (nSPS) is 10.9. The largest absolute Gasteiger partial charge is 0.477 e. The van der Waals surface area contributed by atoms with E-state index in [-0.39, 0.29) is 5.56 Å². The summed E-state index contributed by atoms with van der Waals surface area (Å²) in [6.07, 6.45) is 6.39. The Labute approximate surface area is 99.1 Å². The predicted octanol–water partition coefficient (Wildman–Crippen LogP) is 2.08. The van der Waals surface area contributed by atoms with E-state index in [0.717, 1.165) is 30.5 Å². The summed E-state index contributed by atoms with van der Waals surface area (Å²) >= 11 is 0. The van der Waals surface area contributed by atoms with E-state index >= 15 is 0 Å². The van der Waals surface area contributed by atoms with Crippen molar-refractivity contribution in [3.05, 3.63) is 29.2 Å². The van der Waals surface area contributed by atoms with Crippen molar-refractivity contribution in [1.82, 2.24) is 14.6 Å². The third-order valence-corrected chi connectivity index (χ3v) is 2.82. The Kier molecular flexibility index (Phi) is 3.08. The standard InChI is InChI=1S/C12H15N3O2/c1-3-4-5-9-7-15-11(14-8(9)2)10(6-13-15)12(16)17/h6-7H,3-5H2,1-2H3,(H,16,17). The summed E-state index contributed by atoms with van der Waals surface area (Å²) in [4.78, 5) is 15.3. The van der Waals surface area contributed by atoms with Crippen LogP contribution in [-0.4, -0.2) is 25.7 Å². The maximum Gasteiger partial charge on any atom is 0.341 e. The lowest BCUT2D eigenvalue weighted by Gasteiger charge is -2.05. The van der Waals surface area contributed by atoms with Crippen molar-refractivity contribution >= 4 is 11.6 Å². The molecule has 0 aliphatic rings. The molecule has 5 heteroatoms. The number of fused-ring (bicyclic) bond motifs is 1. The Morgan fingerprint density at radius 3 is 2.94 bits per heavy atom. The second kappa shape index (κ2) is 4.53. The van der Waals surface area contributed by atoms with Gasteiger partial charge in [0.15, 0.2) is 5.65 Å². The maximum absolute atomic E-state index is 11.0. The monoisotopic (exact) mass is 233 g/mol. The highest BCUT2D eigenvalue weighted by atomic mass is 16.4. The first-order valence-electron chi connectivity index (χ1n) is 5.70. The fourth-order valence-electron chi connectivity index (χ4n) is 1.80. The molecule has 0 aliphatic heterocycles. The molecule has 0 aliphatic carbocycles. The van der Waals surface area contributed by atoms with Gasteiger partial charge in [0.05, 0.1) is 6.20 Å². The molecule has 2 aromatic heterocycles. The van der Waals surface area contributed by atoms with Gasteiger partial charge < -0.3 is 5.11 Å². The first-order chi connectivity index (χ1) is 8.13. The van der Waals surface area contributed by atoms with Crippen molar-refractivity contribution in [1.29, 1.82) is 0 Å². The molecule has 0 fully saturated rings. The summed E-state index contributed by atoms with van der Waals surface area (Å²) in [6.45, 7) is 4.04. The number of rotatable bonds is 4. The molecule has 2 rings (SSSR count). The maximum atomic E-state index is 11.0. The summed E-state index contributed by atoms with van der Waals surface area (Å²) in [6, 6.07) is 0. The van der Waals surface area contributed by atoms with Crippen LogP contribution in [0.15, 0.2) is 12.4 Å². The highest BCUT2D eigenvalue weighted by Crippen LogP contribution is 2.14. The van der Waals surface area contributed by atoms with Crippen LogP contribution < -0.4 is 0 Å². The molecule has 0 aromatic carbocycles. The zero-order valence-corrected chi connectivity index (χ0v) is 9.97. The summed E-state index contributed by atoms with van der Waals surface area (Å²) < 4.78 is 1.54. The number of aromatic carboxylic acids is 1. The summed E-state index contributed by atoms with van der Waals surface area (Å²) in [5.41, 5.74) is 2.57. The Bertz CT molecular complexity index is 560. The van der Waals surface area contributed by atoms with Crippen molar-refractivity contribution in [3.63, 3.8) is 0 Å². The Balaban J connectivity index is 2.48. The van der Waals surface area contributed by atoms with E-state index in [1.807, 2.05) is 13.1 Å². The predicted molar refractivity (Wildman–Crippen MR) is 63.3 cm³/mol.